The second kappa shape index (κ2) is 12.6. The zero-order valence-corrected chi connectivity index (χ0v) is 25.1. The number of halogens is 2. The third-order valence-electron chi connectivity index (χ3n) is 8.28. The second-order valence-electron chi connectivity index (χ2n) is 10.7. The Morgan fingerprint density at radius 2 is 1.78 bits per heavy atom. The van der Waals surface area contributed by atoms with Crippen LogP contribution in [0.25, 0.3) is 21.2 Å². The van der Waals surface area contributed by atoms with Crippen molar-refractivity contribution in [1.82, 2.24) is 4.90 Å². The smallest absolute Gasteiger partial charge is 0.266 e. The molecule has 0 saturated heterocycles. The molecule has 1 heterocycles. The summed E-state index contributed by atoms with van der Waals surface area (Å²) < 4.78 is 21.1. The lowest BCUT2D eigenvalue weighted by Crippen LogP contribution is -2.41. The molecule has 1 aliphatic carbocycles. The van der Waals surface area contributed by atoms with E-state index in [2.05, 4.69) is 13.0 Å². The van der Waals surface area contributed by atoms with Crippen LogP contribution >= 0.6 is 22.9 Å². The molecule has 1 fully saturated rings. The summed E-state index contributed by atoms with van der Waals surface area (Å²) >= 11 is 7.92. The zero-order chi connectivity index (χ0) is 29.1. The molecule has 5 nitrogen and oxygen atoms in total. The van der Waals surface area contributed by atoms with E-state index >= 15 is 0 Å². The molecule has 0 atom stereocenters. The van der Waals surface area contributed by atoms with Gasteiger partial charge in [-0.25, -0.2) is 4.39 Å². The number of hydrogen-bond donors (Lipinski definition) is 0. The number of anilines is 1. The Labute approximate surface area is 249 Å². The molecule has 1 saturated carbocycles. The maximum absolute atomic E-state index is 14.7. The fraction of sp³-hybridized carbons (Fsp3) is 0.333. The first-order valence-corrected chi connectivity index (χ1v) is 15.2. The highest BCUT2D eigenvalue weighted by molar-refractivity contribution is 7.21. The largest absolute Gasteiger partial charge is 0.496 e. The van der Waals surface area contributed by atoms with Crippen LogP contribution in [-0.4, -0.2) is 37.4 Å². The normalized spacial score (nSPS) is 16.9. The van der Waals surface area contributed by atoms with Gasteiger partial charge in [0.2, 0.25) is 6.41 Å². The fourth-order valence-corrected chi connectivity index (χ4v) is 7.29. The number of methoxy groups -OCH3 is 1. The van der Waals surface area contributed by atoms with Gasteiger partial charge in [-0.2, -0.15) is 0 Å². The maximum atomic E-state index is 14.7. The van der Waals surface area contributed by atoms with Crippen LogP contribution in [-0.2, 0) is 11.3 Å². The van der Waals surface area contributed by atoms with E-state index in [0.29, 0.717) is 33.2 Å². The molecule has 0 aliphatic heterocycles. The Kier molecular flexibility index (Phi) is 8.95. The highest BCUT2D eigenvalue weighted by Gasteiger charge is 2.32. The molecule has 1 aromatic heterocycles. The van der Waals surface area contributed by atoms with Crippen LogP contribution in [0.2, 0.25) is 5.02 Å². The number of amides is 2. The lowest BCUT2D eigenvalue weighted by molar-refractivity contribution is -0.107. The van der Waals surface area contributed by atoms with Crippen molar-refractivity contribution in [2.24, 2.45) is 5.92 Å². The Hall–Kier alpha value is -3.42. The van der Waals surface area contributed by atoms with Crippen molar-refractivity contribution in [2.45, 2.75) is 51.6 Å². The number of hydrogen-bond acceptors (Lipinski definition) is 4. The van der Waals surface area contributed by atoms with Gasteiger partial charge in [0.05, 0.1) is 12.1 Å². The molecule has 4 aromatic rings. The number of ether oxygens (including phenoxy) is 1. The predicted octanol–water partition coefficient (Wildman–Crippen LogP) is 8.57. The topological polar surface area (TPSA) is 49.9 Å². The molecular weight excluding hydrogens is 559 g/mol. The number of benzene rings is 3. The Bertz CT molecular complexity index is 1550. The number of nitrogens with zero attached hydrogens (tertiary/aromatic N) is 2. The third kappa shape index (κ3) is 5.97. The summed E-state index contributed by atoms with van der Waals surface area (Å²) in [7, 11) is 3.34. The summed E-state index contributed by atoms with van der Waals surface area (Å²) in [5.74, 6) is 0.769. The quantitative estimate of drug-likeness (QED) is 0.183. The Morgan fingerprint density at radius 3 is 2.41 bits per heavy atom. The molecule has 0 spiro atoms. The van der Waals surface area contributed by atoms with Crippen LogP contribution < -0.4 is 9.64 Å². The molecular formula is C33H34ClFN2O3S. The van der Waals surface area contributed by atoms with Crippen LogP contribution in [0.15, 0.2) is 60.7 Å². The first kappa shape index (κ1) is 29.1. The van der Waals surface area contributed by atoms with Crippen molar-refractivity contribution < 1.29 is 18.7 Å². The summed E-state index contributed by atoms with van der Waals surface area (Å²) in [6.45, 7) is 2.57. The van der Waals surface area contributed by atoms with E-state index in [1.54, 1.807) is 26.3 Å². The van der Waals surface area contributed by atoms with Gasteiger partial charge in [0.25, 0.3) is 5.91 Å². The fourth-order valence-electron chi connectivity index (χ4n) is 5.79. The van der Waals surface area contributed by atoms with Crippen molar-refractivity contribution in [1.29, 1.82) is 0 Å². The molecule has 8 heteroatoms. The summed E-state index contributed by atoms with van der Waals surface area (Å²) in [6, 6.07) is 18.6. The van der Waals surface area contributed by atoms with E-state index in [4.69, 9.17) is 16.3 Å². The van der Waals surface area contributed by atoms with Gasteiger partial charge in [0.15, 0.2) is 0 Å². The maximum Gasteiger partial charge on any atom is 0.266 e. The number of thiophene rings is 1. The van der Waals surface area contributed by atoms with Gasteiger partial charge in [-0.3, -0.25) is 9.59 Å². The Morgan fingerprint density at radius 1 is 1.07 bits per heavy atom. The molecule has 3 aromatic carbocycles. The molecule has 5 rings (SSSR count). The minimum atomic E-state index is -0.419. The standard InChI is InChI=1S/C33H34ClFN2O3S/c1-4-21-8-13-26(14-9-21)37(33(39)32-31(34)30-27(35)6-5-7-29(30)41-32)19-24-18-23(12-17-28(24)40-3)22-10-15-25(16-11-22)36(2)20-38/h5-7,10-12,15-18,20-21,26H,4,8-9,13-14,19H2,1-3H3. The summed E-state index contributed by atoms with van der Waals surface area (Å²) in [5, 5.41) is 0.488. The molecule has 1 aliphatic rings. The van der Waals surface area contributed by atoms with Crippen molar-refractivity contribution in [3.8, 4) is 16.9 Å². The van der Waals surface area contributed by atoms with Gasteiger partial charge >= 0.3 is 0 Å². The number of carbonyl (C=O) groups excluding carboxylic acids is 2. The number of rotatable bonds is 9. The molecule has 0 N–H and O–H groups in total. The van der Waals surface area contributed by atoms with Gasteiger partial charge in [0.1, 0.15) is 16.4 Å². The van der Waals surface area contributed by atoms with Crippen molar-refractivity contribution in [3.63, 3.8) is 0 Å². The summed E-state index contributed by atoms with van der Waals surface area (Å²) in [4.78, 5) is 29.2. The highest BCUT2D eigenvalue weighted by atomic mass is 35.5. The second-order valence-corrected chi connectivity index (χ2v) is 12.1. The lowest BCUT2D eigenvalue weighted by Gasteiger charge is -2.37. The van der Waals surface area contributed by atoms with E-state index in [0.717, 1.165) is 60.9 Å². The average Bonchev–Trinajstić information content (AvgIpc) is 3.36. The lowest BCUT2D eigenvalue weighted by atomic mass is 9.83. The molecule has 0 radical (unpaired) electrons. The van der Waals surface area contributed by atoms with Crippen LogP contribution in [0, 0.1) is 11.7 Å². The van der Waals surface area contributed by atoms with E-state index in [-0.39, 0.29) is 17.0 Å². The molecule has 214 valence electrons. The van der Waals surface area contributed by atoms with Crippen molar-refractivity contribution >= 4 is 51.0 Å². The number of fused-ring (bicyclic) bond motifs is 1. The van der Waals surface area contributed by atoms with E-state index in [1.165, 1.54) is 22.3 Å². The zero-order valence-electron chi connectivity index (χ0n) is 23.5. The molecule has 0 unspecified atom stereocenters. The average molecular weight is 593 g/mol. The van der Waals surface area contributed by atoms with Gasteiger partial charge in [-0.1, -0.05) is 49.2 Å². The van der Waals surface area contributed by atoms with Gasteiger partial charge in [0, 0.05) is 41.0 Å². The van der Waals surface area contributed by atoms with Crippen LogP contribution in [0.4, 0.5) is 10.1 Å². The molecule has 41 heavy (non-hydrogen) atoms. The van der Waals surface area contributed by atoms with Crippen molar-refractivity contribution in [3.05, 3.63) is 81.9 Å². The van der Waals surface area contributed by atoms with E-state index in [1.807, 2.05) is 41.3 Å². The van der Waals surface area contributed by atoms with Crippen LogP contribution in [0.1, 0.15) is 54.3 Å². The van der Waals surface area contributed by atoms with Crippen molar-refractivity contribution in [2.75, 3.05) is 19.1 Å². The number of carbonyl (C=O) groups is 2. The van der Waals surface area contributed by atoms with Gasteiger partial charge < -0.3 is 14.5 Å². The summed E-state index contributed by atoms with van der Waals surface area (Å²) in [5.41, 5.74) is 3.65. The SMILES string of the molecule is CCC1CCC(N(Cc2cc(-c3ccc(N(C)C=O)cc3)ccc2OC)C(=O)c2sc3cccc(F)c3c2Cl)CC1. The minimum Gasteiger partial charge on any atom is -0.496 e. The van der Waals surface area contributed by atoms with Gasteiger partial charge in [-0.15, -0.1) is 11.3 Å². The monoisotopic (exact) mass is 592 g/mol. The molecule has 2 amide bonds. The highest BCUT2D eigenvalue weighted by Crippen LogP contribution is 2.40. The predicted molar refractivity (Wildman–Crippen MR) is 166 cm³/mol. The first-order chi connectivity index (χ1) is 19.8. The summed E-state index contributed by atoms with van der Waals surface area (Å²) in [6.07, 6.45) is 5.87. The van der Waals surface area contributed by atoms with Gasteiger partial charge in [-0.05, 0) is 79.1 Å². The third-order valence-corrected chi connectivity index (χ3v) is 9.92. The van der Waals surface area contributed by atoms with E-state index < -0.39 is 5.82 Å². The van der Waals surface area contributed by atoms with E-state index in [9.17, 15) is 14.0 Å². The van der Waals surface area contributed by atoms with Crippen LogP contribution in [0.3, 0.4) is 0 Å². The van der Waals surface area contributed by atoms with Crippen LogP contribution in [0.5, 0.6) is 5.75 Å². The first-order valence-electron chi connectivity index (χ1n) is 14.0. The minimum absolute atomic E-state index is 0.0444. The molecule has 0 bridgehead atoms. The Balaban J connectivity index is 1.52.